The van der Waals surface area contributed by atoms with E-state index in [0.717, 1.165) is 6.42 Å². The highest BCUT2D eigenvalue weighted by Gasteiger charge is 2.28. The predicted octanol–water partition coefficient (Wildman–Crippen LogP) is -1.10. The zero-order valence-electron chi connectivity index (χ0n) is 15.0. The minimum Gasteiger partial charge on any atom is -0.391 e. The fourth-order valence-corrected chi connectivity index (χ4v) is 2.42. The minimum absolute atomic E-state index is 0.0109. The summed E-state index contributed by atoms with van der Waals surface area (Å²) < 4.78 is 0. The zero-order valence-corrected chi connectivity index (χ0v) is 15.0. The number of aliphatic hydroxyl groups is 1. The quantitative estimate of drug-likeness (QED) is 0.321. The van der Waals surface area contributed by atoms with Gasteiger partial charge in [0, 0.05) is 13.0 Å². The highest BCUT2D eigenvalue weighted by molar-refractivity contribution is 5.92. The van der Waals surface area contributed by atoms with Crippen molar-refractivity contribution in [2.24, 2.45) is 23.3 Å². The van der Waals surface area contributed by atoms with E-state index in [1.807, 2.05) is 13.8 Å². The molecule has 0 aromatic carbocycles. The molecule has 0 aromatic heterocycles. The largest absolute Gasteiger partial charge is 0.391 e. The summed E-state index contributed by atoms with van der Waals surface area (Å²) in [5.74, 6) is -0.877. The van der Waals surface area contributed by atoms with E-state index in [-0.39, 0.29) is 30.6 Å². The van der Waals surface area contributed by atoms with Crippen molar-refractivity contribution in [3.8, 4) is 0 Å². The molecule has 0 spiro atoms. The van der Waals surface area contributed by atoms with E-state index < -0.39 is 24.1 Å². The molecule has 8 nitrogen and oxygen atoms in total. The highest BCUT2D eigenvalue weighted by Crippen LogP contribution is 2.14. The highest BCUT2D eigenvalue weighted by atomic mass is 16.3. The van der Waals surface area contributed by atoms with Crippen molar-refractivity contribution in [1.29, 1.82) is 0 Å². The number of Topliss-reactive ketones (excluding diaryl/α,β-unsaturated/α-hetero) is 1. The molecule has 7 N–H and O–H groups in total. The first-order valence-electron chi connectivity index (χ1n) is 8.30. The Hall–Kier alpha value is -1.51. The summed E-state index contributed by atoms with van der Waals surface area (Å²) in [5.41, 5.74) is 11.1. The first-order valence-corrected chi connectivity index (χ1v) is 8.30. The molecule has 0 aliphatic heterocycles. The molecule has 0 heterocycles. The van der Waals surface area contributed by atoms with Crippen LogP contribution >= 0.6 is 0 Å². The lowest BCUT2D eigenvalue weighted by Gasteiger charge is -2.24. The maximum absolute atomic E-state index is 12.2. The number of hydrogen-bond acceptors (Lipinski definition) is 6. The molecule has 0 saturated heterocycles. The fraction of sp³-hybridized carbons (Fsp3) is 0.812. The molecule has 0 saturated carbocycles. The average molecular weight is 344 g/mol. The van der Waals surface area contributed by atoms with E-state index in [4.69, 9.17) is 11.5 Å². The molecule has 0 fully saturated rings. The Morgan fingerprint density at radius 2 is 1.62 bits per heavy atom. The van der Waals surface area contributed by atoms with E-state index >= 15 is 0 Å². The standard InChI is InChI=1S/C16H32N4O4/c1-9(2)5-12(7-17)6-14(23)20-15(11(4)22)16(24)19-13(8-18)10(3)21/h9,11-13,15,22H,5-8,17-18H2,1-4H3,(H,19,24)(H,20,23)/t11-,12-,13-,15-/m0/s1. The first kappa shape index (κ1) is 22.5. The van der Waals surface area contributed by atoms with E-state index in [1.165, 1.54) is 13.8 Å². The molecule has 8 heteroatoms. The summed E-state index contributed by atoms with van der Waals surface area (Å²) in [7, 11) is 0. The molecule has 0 unspecified atom stereocenters. The van der Waals surface area contributed by atoms with Crippen LogP contribution in [0.25, 0.3) is 0 Å². The maximum atomic E-state index is 12.2. The SMILES string of the molecule is CC(=O)[C@H](CN)NC(=O)[C@@H](NC(=O)C[C@@H](CN)CC(C)C)[C@H](C)O. The van der Waals surface area contributed by atoms with Gasteiger partial charge in [-0.05, 0) is 38.6 Å². The molecule has 2 amide bonds. The smallest absolute Gasteiger partial charge is 0.245 e. The number of hydrogen-bond donors (Lipinski definition) is 5. The van der Waals surface area contributed by atoms with Gasteiger partial charge in [0.05, 0.1) is 12.1 Å². The Kier molecular flexibility index (Phi) is 10.4. The number of carbonyl (C=O) groups excluding carboxylic acids is 3. The van der Waals surface area contributed by atoms with Crippen molar-refractivity contribution in [3.63, 3.8) is 0 Å². The van der Waals surface area contributed by atoms with Crippen molar-refractivity contribution < 1.29 is 19.5 Å². The third kappa shape index (κ3) is 8.37. The van der Waals surface area contributed by atoms with Crippen LogP contribution in [0.15, 0.2) is 0 Å². The van der Waals surface area contributed by atoms with Gasteiger partial charge >= 0.3 is 0 Å². The van der Waals surface area contributed by atoms with Crippen LogP contribution in [0.4, 0.5) is 0 Å². The topological polar surface area (TPSA) is 148 Å². The second kappa shape index (κ2) is 11.1. The summed E-state index contributed by atoms with van der Waals surface area (Å²) in [6.45, 7) is 7.11. The predicted molar refractivity (Wildman–Crippen MR) is 91.9 cm³/mol. The average Bonchev–Trinajstić information content (AvgIpc) is 2.48. The number of aliphatic hydroxyl groups excluding tert-OH is 1. The molecular weight excluding hydrogens is 312 g/mol. The third-order valence-corrected chi connectivity index (χ3v) is 3.74. The van der Waals surface area contributed by atoms with Gasteiger partial charge in [0.2, 0.25) is 11.8 Å². The molecule has 24 heavy (non-hydrogen) atoms. The van der Waals surface area contributed by atoms with E-state index in [2.05, 4.69) is 10.6 Å². The minimum atomic E-state index is -1.15. The lowest BCUT2D eigenvalue weighted by atomic mass is 9.94. The molecule has 0 rings (SSSR count). The van der Waals surface area contributed by atoms with Crippen molar-refractivity contribution in [2.45, 2.75) is 58.7 Å². The van der Waals surface area contributed by atoms with Crippen LogP contribution in [0.5, 0.6) is 0 Å². The monoisotopic (exact) mass is 344 g/mol. The van der Waals surface area contributed by atoms with Gasteiger partial charge in [-0.1, -0.05) is 13.8 Å². The molecule has 0 radical (unpaired) electrons. The summed E-state index contributed by atoms with van der Waals surface area (Å²) >= 11 is 0. The van der Waals surface area contributed by atoms with E-state index in [1.54, 1.807) is 0 Å². The summed E-state index contributed by atoms with van der Waals surface area (Å²) in [6, 6.07) is -1.99. The Labute approximate surface area is 143 Å². The van der Waals surface area contributed by atoms with Crippen LogP contribution in [-0.2, 0) is 14.4 Å². The number of ketones is 1. The summed E-state index contributed by atoms with van der Waals surface area (Å²) in [4.78, 5) is 35.7. The van der Waals surface area contributed by atoms with Crippen LogP contribution in [0, 0.1) is 11.8 Å². The Bertz CT molecular complexity index is 426. The van der Waals surface area contributed by atoms with Crippen LogP contribution in [-0.4, -0.2) is 54.0 Å². The second-order valence-corrected chi connectivity index (χ2v) is 6.63. The molecule has 0 bridgehead atoms. The van der Waals surface area contributed by atoms with Gasteiger partial charge in [0.15, 0.2) is 5.78 Å². The van der Waals surface area contributed by atoms with Gasteiger partial charge in [-0.15, -0.1) is 0 Å². The van der Waals surface area contributed by atoms with Gasteiger partial charge in [-0.2, -0.15) is 0 Å². The lowest BCUT2D eigenvalue weighted by Crippen LogP contribution is -2.57. The van der Waals surface area contributed by atoms with E-state index in [9.17, 15) is 19.5 Å². The zero-order chi connectivity index (χ0) is 18.9. The number of amides is 2. The van der Waals surface area contributed by atoms with Crippen LogP contribution < -0.4 is 22.1 Å². The van der Waals surface area contributed by atoms with Crippen molar-refractivity contribution in [2.75, 3.05) is 13.1 Å². The number of nitrogens with one attached hydrogen (secondary N) is 2. The molecular formula is C16H32N4O4. The fourth-order valence-electron chi connectivity index (χ4n) is 2.42. The van der Waals surface area contributed by atoms with Crippen LogP contribution in [0.2, 0.25) is 0 Å². The van der Waals surface area contributed by atoms with Crippen molar-refractivity contribution >= 4 is 17.6 Å². The molecule has 0 aromatic rings. The summed E-state index contributed by atoms with van der Waals surface area (Å²) in [6.07, 6.45) is -0.131. The maximum Gasteiger partial charge on any atom is 0.245 e. The molecule has 140 valence electrons. The lowest BCUT2D eigenvalue weighted by molar-refractivity contribution is -0.133. The Balaban J connectivity index is 4.80. The second-order valence-electron chi connectivity index (χ2n) is 6.63. The Morgan fingerprint density at radius 1 is 1.04 bits per heavy atom. The van der Waals surface area contributed by atoms with Gasteiger partial charge in [0.25, 0.3) is 0 Å². The Morgan fingerprint density at radius 3 is 2.00 bits per heavy atom. The van der Waals surface area contributed by atoms with Gasteiger partial charge in [-0.3, -0.25) is 14.4 Å². The molecule has 0 aliphatic rings. The summed E-state index contributed by atoms with van der Waals surface area (Å²) in [5, 5.41) is 14.7. The normalized spacial score (nSPS) is 16.2. The van der Waals surface area contributed by atoms with Crippen molar-refractivity contribution in [3.05, 3.63) is 0 Å². The van der Waals surface area contributed by atoms with Crippen LogP contribution in [0.1, 0.15) is 40.5 Å². The van der Waals surface area contributed by atoms with E-state index in [0.29, 0.717) is 12.5 Å². The number of nitrogens with two attached hydrogens (primary N) is 2. The van der Waals surface area contributed by atoms with Crippen molar-refractivity contribution in [1.82, 2.24) is 10.6 Å². The molecule has 4 atom stereocenters. The van der Waals surface area contributed by atoms with Gasteiger partial charge in [-0.25, -0.2) is 0 Å². The number of carbonyl (C=O) groups is 3. The van der Waals surface area contributed by atoms with Gasteiger partial charge in [0.1, 0.15) is 6.04 Å². The molecule has 0 aliphatic carbocycles. The first-order chi connectivity index (χ1) is 11.1. The third-order valence-electron chi connectivity index (χ3n) is 3.74. The van der Waals surface area contributed by atoms with Crippen LogP contribution in [0.3, 0.4) is 0 Å². The number of rotatable bonds is 11. The van der Waals surface area contributed by atoms with Gasteiger partial charge < -0.3 is 27.2 Å².